The largest absolute Gasteiger partial charge is 0.497 e. The Bertz CT molecular complexity index is 576. The average Bonchev–Trinajstić information content (AvgIpc) is 3.10. The molecule has 0 radical (unpaired) electrons. The third-order valence-corrected chi connectivity index (χ3v) is 3.23. The standard InChI is InChI=1S/C13H15N3O3/c1-17-9-2-3-11(14)10(6-9)13-15-12(16-19-13)8-4-5-18-7-8/h2-3,6,8H,4-5,7,14H2,1H3. The molecule has 2 aromatic rings. The molecule has 1 fully saturated rings. The highest BCUT2D eigenvalue weighted by Crippen LogP contribution is 2.30. The van der Waals surface area contributed by atoms with Crippen molar-refractivity contribution in [1.29, 1.82) is 0 Å². The molecule has 0 spiro atoms. The number of aromatic nitrogens is 2. The van der Waals surface area contributed by atoms with Gasteiger partial charge in [0.15, 0.2) is 5.82 Å². The summed E-state index contributed by atoms with van der Waals surface area (Å²) in [4.78, 5) is 4.41. The first-order chi connectivity index (χ1) is 9.28. The van der Waals surface area contributed by atoms with Gasteiger partial charge in [-0.2, -0.15) is 4.98 Å². The van der Waals surface area contributed by atoms with Crippen molar-refractivity contribution in [3.63, 3.8) is 0 Å². The van der Waals surface area contributed by atoms with E-state index in [0.717, 1.165) is 13.0 Å². The molecular formula is C13H15N3O3. The number of anilines is 1. The van der Waals surface area contributed by atoms with E-state index < -0.39 is 0 Å². The third kappa shape index (κ3) is 2.26. The molecule has 1 aliphatic rings. The van der Waals surface area contributed by atoms with Gasteiger partial charge in [-0.1, -0.05) is 5.16 Å². The van der Waals surface area contributed by atoms with Crippen molar-refractivity contribution in [3.05, 3.63) is 24.0 Å². The molecule has 2 N–H and O–H groups in total. The Hall–Kier alpha value is -2.08. The zero-order valence-electron chi connectivity index (χ0n) is 10.6. The maximum absolute atomic E-state index is 5.93. The second-order valence-electron chi connectivity index (χ2n) is 4.47. The van der Waals surface area contributed by atoms with Gasteiger partial charge in [-0.15, -0.1) is 0 Å². The van der Waals surface area contributed by atoms with Crippen LogP contribution in [-0.4, -0.2) is 30.5 Å². The molecule has 6 nitrogen and oxygen atoms in total. The van der Waals surface area contributed by atoms with Crippen molar-refractivity contribution >= 4 is 5.69 Å². The SMILES string of the molecule is COc1ccc(N)c(-c2nc(C3CCOC3)no2)c1. The summed E-state index contributed by atoms with van der Waals surface area (Å²) < 4.78 is 15.8. The predicted molar refractivity (Wildman–Crippen MR) is 68.9 cm³/mol. The topological polar surface area (TPSA) is 83.4 Å². The number of nitrogens with two attached hydrogens (primary N) is 1. The lowest BCUT2D eigenvalue weighted by Crippen LogP contribution is -1.99. The second kappa shape index (κ2) is 4.89. The molecule has 2 heterocycles. The zero-order valence-corrected chi connectivity index (χ0v) is 10.6. The number of hydrogen-bond donors (Lipinski definition) is 1. The summed E-state index contributed by atoms with van der Waals surface area (Å²) in [5.41, 5.74) is 7.20. The fourth-order valence-corrected chi connectivity index (χ4v) is 2.10. The van der Waals surface area contributed by atoms with E-state index in [4.69, 9.17) is 19.7 Å². The van der Waals surface area contributed by atoms with Gasteiger partial charge in [0.2, 0.25) is 0 Å². The van der Waals surface area contributed by atoms with Crippen LogP contribution in [0.5, 0.6) is 5.75 Å². The highest BCUT2D eigenvalue weighted by Gasteiger charge is 2.24. The maximum atomic E-state index is 5.93. The van der Waals surface area contributed by atoms with Crippen LogP contribution < -0.4 is 10.5 Å². The normalized spacial score (nSPS) is 18.7. The van der Waals surface area contributed by atoms with E-state index >= 15 is 0 Å². The van der Waals surface area contributed by atoms with Crippen molar-refractivity contribution in [2.45, 2.75) is 12.3 Å². The van der Waals surface area contributed by atoms with Gasteiger partial charge < -0.3 is 19.7 Å². The van der Waals surface area contributed by atoms with Crippen molar-refractivity contribution in [2.24, 2.45) is 0 Å². The second-order valence-corrected chi connectivity index (χ2v) is 4.47. The lowest BCUT2D eigenvalue weighted by molar-refractivity contribution is 0.192. The number of ether oxygens (including phenoxy) is 2. The minimum Gasteiger partial charge on any atom is -0.497 e. The molecule has 1 aliphatic heterocycles. The highest BCUT2D eigenvalue weighted by molar-refractivity contribution is 5.72. The van der Waals surface area contributed by atoms with E-state index in [1.54, 1.807) is 25.3 Å². The van der Waals surface area contributed by atoms with Crippen LogP contribution in [0.1, 0.15) is 18.2 Å². The first-order valence-electron chi connectivity index (χ1n) is 6.13. The van der Waals surface area contributed by atoms with Crippen molar-refractivity contribution in [2.75, 3.05) is 26.1 Å². The Labute approximate surface area is 110 Å². The average molecular weight is 261 g/mol. The van der Waals surface area contributed by atoms with Crippen LogP contribution in [0.3, 0.4) is 0 Å². The minimum atomic E-state index is 0.212. The highest BCUT2D eigenvalue weighted by atomic mass is 16.5. The molecule has 3 rings (SSSR count). The Morgan fingerprint density at radius 2 is 2.32 bits per heavy atom. The van der Waals surface area contributed by atoms with Crippen LogP contribution in [0.25, 0.3) is 11.5 Å². The smallest absolute Gasteiger partial charge is 0.260 e. The van der Waals surface area contributed by atoms with Gasteiger partial charge in [-0.3, -0.25) is 0 Å². The summed E-state index contributed by atoms with van der Waals surface area (Å²) in [7, 11) is 1.60. The fraction of sp³-hybridized carbons (Fsp3) is 0.385. The van der Waals surface area contributed by atoms with E-state index in [9.17, 15) is 0 Å². The molecule has 1 unspecified atom stereocenters. The predicted octanol–water partition coefficient (Wildman–Crippen LogP) is 1.83. The molecule has 6 heteroatoms. The molecule has 0 amide bonds. The first-order valence-corrected chi connectivity index (χ1v) is 6.13. The van der Waals surface area contributed by atoms with Crippen molar-refractivity contribution in [3.8, 4) is 17.2 Å². The summed E-state index contributed by atoms with van der Waals surface area (Å²) in [6, 6.07) is 5.34. The lowest BCUT2D eigenvalue weighted by atomic mass is 10.1. The number of benzene rings is 1. The molecule has 100 valence electrons. The zero-order chi connectivity index (χ0) is 13.2. The van der Waals surface area contributed by atoms with Gasteiger partial charge in [0.25, 0.3) is 5.89 Å². The minimum absolute atomic E-state index is 0.212. The third-order valence-electron chi connectivity index (χ3n) is 3.23. The van der Waals surface area contributed by atoms with Crippen LogP contribution in [0, 0.1) is 0 Å². The number of nitrogens with zero attached hydrogens (tertiary/aromatic N) is 2. The maximum Gasteiger partial charge on any atom is 0.260 e. The monoisotopic (exact) mass is 261 g/mol. The van der Waals surface area contributed by atoms with Gasteiger partial charge in [0.1, 0.15) is 5.75 Å². The Kier molecular flexibility index (Phi) is 3.08. The summed E-state index contributed by atoms with van der Waals surface area (Å²) in [5.74, 6) is 2.01. The van der Waals surface area contributed by atoms with Gasteiger partial charge in [0, 0.05) is 18.2 Å². The van der Waals surface area contributed by atoms with Crippen LogP contribution in [0.15, 0.2) is 22.7 Å². The number of rotatable bonds is 3. The van der Waals surface area contributed by atoms with E-state index in [1.165, 1.54) is 0 Å². The van der Waals surface area contributed by atoms with Crippen molar-refractivity contribution in [1.82, 2.24) is 10.1 Å². The van der Waals surface area contributed by atoms with Crippen LogP contribution >= 0.6 is 0 Å². The molecule has 1 atom stereocenters. The molecular weight excluding hydrogens is 246 g/mol. The van der Waals surface area contributed by atoms with Gasteiger partial charge in [0.05, 0.1) is 19.3 Å². The number of methoxy groups -OCH3 is 1. The van der Waals surface area contributed by atoms with E-state index in [0.29, 0.717) is 35.3 Å². The van der Waals surface area contributed by atoms with Crippen molar-refractivity contribution < 1.29 is 14.0 Å². The molecule has 0 bridgehead atoms. The molecule has 1 saturated heterocycles. The van der Waals surface area contributed by atoms with Crippen LogP contribution in [0.4, 0.5) is 5.69 Å². The van der Waals surface area contributed by atoms with E-state index in [2.05, 4.69) is 10.1 Å². The number of hydrogen-bond acceptors (Lipinski definition) is 6. The fourth-order valence-electron chi connectivity index (χ4n) is 2.10. The van der Waals surface area contributed by atoms with Gasteiger partial charge >= 0.3 is 0 Å². The molecule has 0 aliphatic carbocycles. The van der Waals surface area contributed by atoms with E-state index in [-0.39, 0.29) is 5.92 Å². The van der Waals surface area contributed by atoms with E-state index in [1.807, 2.05) is 0 Å². The summed E-state index contributed by atoms with van der Waals surface area (Å²) in [6.45, 7) is 1.39. The molecule has 1 aromatic heterocycles. The van der Waals surface area contributed by atoms with Crippen LogP contribution in [0.2, 0.25) is 0 Å². The quantitative estimate of drug-likeness (QED) is 0.849. The lowest BCUT2D eigenvalue weighted by Gasteiger charge is -2.04. The molecule has 1 aromatic carbocycles. The van der Waals surface area contributed by atoms with Crippen LogP contribution in [-0.2, 0) is 4.74 Å². The summed E-state index contributed by atoms with van der Waals surface area (Å²) in [6.07, 6.45) is 0.923. The first kappa shape index (κ1) is 12.0. The Morgan fingerprint density at radius 1 is 1.42 bits per heavy atom. The van der Waals surface area contributed by atoms with Gasteiger partial charge in [-0.05, 0) is 24.6 Å². The molecule has 19 heavy (non-hydrogen) atoms. The Morgan fingerprint density at radius 3 is 3.05 bits per heavy atom. The Balaban J connectivity index is 1.93. The molecule has 0 saturated carbocycles. The number of nitrogen functional groups attached to an aromatic ring is 1. The van der Waals surface area contributed by atoms with Gasteiger partial charge in [-0.25, -0.2) is 0 Å². The summed E-state index contributed by atoms with van der Waals surface area (Å²) >= 11 is 0. The summed E-state index contributed by atoms with van der Waals surface area (Å²) in [5, 5.41) is 4.01.